The number of carbonyl (C=O) groups excluding carboxylic acids is 2. The standard InChI is InChI=1S/C30H26Cl2F2N4O2/c1-29(2,3)13-21-30(18-11-12-20(32)24(34)25(18)38-28(30)40)22(17-5-4-6-19(31)23(17)33)26(37-21)27(39)36-16-9-7-15(14-35)8-10-16/h4-12,21-22,26,37H,13H2,1-3H3,(H,36,39)(H,38,40). The van der Waals surface area contributed by atoms with Crippen LogP contribution in [0.5, 0.6) is 0 Å². The smallest absolute Gasteiger partial charge is 0.242 e. The second kappa shape index (κ2) is 10.2. The number of fused-ring (bicyclic) bond motifs is 2. The highest BCUT2D eigenvalue weighted by Crippen LogP contribution is 2.57. The van der Waals surface area contributed by atoms with Gasteiger partial charge in [0, 0.05) is 17.6 Å². The number of nitrogens with zero attached hydrogens (tertiary/aromatic N) is 1. The number of hydrogen-bond donors (Lipinski definition) is 3. The van der Waals surface area contributed by atoms with Gasteiger partial charge in [-0.05, 0) is 59.4 Å². The fourth-order valence-electron chi connectivity index (χ4n) is 6.03. The van der Waals surface area contributed by atoms with Gasteiger partial charge in [-0.15, -0.1) is 0 Å². The van der Waals surface area contributed by atoms with Crippen LogP contribution in [-0.2, 0) is 15.0 Å². The molecular formula is C30H26Cl2F2N4O2. The van der Waals surface area contributed by atoms with Gasteiger partial charge in [0.1, 0.15) is 11.2 Å². The number of benzene rings is 3. The van der Waals surface area contributed by atoms with Gasteiger partial charge in [-0.3, -0.25) is 9.59 Å². The summed E-state index contributed by atoms with van der Waals surface area (Å²) in [6.07, 6.45) is 0.392. The van der Waals surface area contributed by atoms with Crippen LogP contribution in [0.25, 0.3) is 0 Å². The highest BCUT2D eigenvalue weighted by atomic mass is 35.5. The Morgan fingerprint density at radius 2 is 1.73 bits per heavy atom. The van der Waals surface area contributed by atoms with Gasteiger partial charge < -0.3 is 16.0 Å². The van der Waals surface area contributed by atoms with Gasteiger partial charge in [0.2, 0.25) is 11.8 Å². The minimum absolute atomic E-state index is 0.0507. The zero-order valence-electron chi connectivity index (χ0n) is 21.9. The van der Waals surface area contributed by atoms with Crippen molar-refractivity contribution in [3.63, 3.8) is 0 Å². The van der Waals surface area contributed by atoms with E-state index in [9.17, 15) is 9.59 Å². The number of anilines is 2. The minimum Gasteiger partial charge on any atom is -0.325 e. The van der Waals surface area contributed by atoms with E-state index < -0.39 is 46.9 Å². The van der Waals surface area contributed by atoms with E-state index >= 15 is 8.78 Å². The summed E-state index contributed by atoms with van der Waals surface area (Å²) in [6.45, 7) is 5.95. The Kier molecular flexibility index (Phi) is 7.11. The van der Waals surface area contributed by atoms with Gasteiger partial charge in [-0.1, -0.05) is 62.2 Å². The van der Waals surface area contributed by atoms with Crippen molar-refractivity contribution in [2.24, 2.45) is 5.41 Å². The Morgan fingerprint density at radius 1 is 1.05 bits per heavy atom. The van der Waals surface area contributed by atoms with Gasteiger partial charge in [-0.2, -0.15) is 5.26 Å². The molecule has 6 nitrogen and oxygen atoms in total. The van der Waals surface area contributed by atoms with Crippen LogP contribution in [0, 0.1) is 28.4 Å². The lowest BCUT2D eigenvalue weighted by Gasteiger charge is -2.37. The number of halogens is 4. The number of amides is 2. The van der Waals surface area contributed by atoms with Gasteiger partial charge >= 0.3 is 0 Å². The van der Waals surface area contributed by atoms with E-state index in [0.717, 1.165) is 0 Å². The fourth-order valence-corrected chi connectivity index (χ4v) is 6.37. The molecule has 2 amide bonds. The molecule has 2 aliphatic heterocycles. The van der Waals surface area contributed by atoms with Crippen LogP contribution in [0.3, 0.4) is 0 Å². The van der Waals surface area contributed by atoms with Crippen molar-refractivity contribution in [2.45, 2.75) is 50.6 Å². The number of rotatable bonds is 4. The maximum absolute atomic E-state index is 15.8. The van der Waals surface area contributed by atoms with E-state index in [1.54, 1.807) is 36.4 Å². The van der Waals surface area contributed by atoms with E-state index in [1.807, 2.05) is 26.8 Å². The Hall–Kier alpha value is -3.51. The molecule has 4 atom stereocenters. The molecule has 5 rings (SSSR count). The zero-order chi connectivity index (χ0) is 29.0. The molecule has 3 aromatic rings. The highest BCUT2D eigenvalue weighted by Gasteiger charge is 2.66. The molecule has 4 unspecified atom stereocenters. The molecule has 1 saturated heterocycles. The van der Waals surface area contributed by atoms with Crippen molar-refractivity contribution in [3.05, 3.63) is 93.0 Å². The van der Waals surface area contributed by atoms with Crippen LogP contribution in [0.1, 0.15) is 49.8 Å². The summed E-state index contributed by atoms with van der Waals surface area (Å²) < 4.78 is 31.1. The van der Waals surface area contributed by atoms with Crippen LogP contribution in [-0.4, -0.2) is 23.9 Å². The summed E-state index contributed by atoms with van der Waals surface area (Å²) in [5, 5.41) is 17.6. The molecule has 0 bridgehead atoms. The van der Waals surface area contributed by atoms with Crippen molar-refractivity contribution in [1.82, 2.24) is 5.32 Å². The summed E-state index contributed by atoms with van der Waals surface area (Å²) in [5.74, 6) is -3.77. The number of carbonyl (C=O) groups is 2. The molecule has 0 aliphatic carbocycles. The fraction of sp³-hybridized carbons (Fsp3) is 0.300. The van der Waals surface area contributed by atoms with Gasteiger partial charge in [0.15, 0.2) is 5.82 Å². The minimum atomic E-state index is -1.58. The second-order valence-electron chi connectivity index (χ2n) is 11.4. The average Bonchev–Trinajstić information content (AvgIpc) is 3.38. The van der Waals surface area contributed by atoms with Crippen LogP contribution >= 0.6 is 23.2 Å². The van der Waals surface area contributed by atoms with Gasteiger partial charge in [0.25, 0.3) is 0 Å². The molecule has 0 aromatic heterocycles. The first-order valence-corrected chi connectivity index (χ1v) is 13.4. The predicted molar refractivity (Wildman–Crippen MR) is 150 cm³/mol. The highest BCUT2D eigenvalue weighted by molar-refractivity contribution is 6.31. The van der Waals surface area contributed by atoms with Crippen molar-refractivity contribution in [3.8, 4) is 6.07 Å². The van der Waals surface area contributed by atoms with Crippen LogP contribution in [0.2, 0.25) is 10.0 Å². The quantitative estimate of drug-likeness (QED) is 0.326. The average molecular weight is 583 g/mol. The lowest BCUT2D eigenvalue weighted by Crippen LogP contribution is -2.49. The van der Waals surface area contributed by atoms with Crippen molar-refractivity contribution < 1.29 is 18.4 Å². The largest absolute Gasteiger partial charge is 0.325 e. The molecule has 2 heterocycles. The van der Waals surface area contributed by atoms with E-state index in [-0.39, 0.29) is 26.7 Å². The molecular weight excluding hydrogens is 557 g/mol. The topological polar surface area (TPSA) is 94.0 Å². The maximum Gasteiger partial charge on any atom is 0.242 e. The Morgan fingerprint density at radius 3 is 2.38 bits per heavy atom. The third-order valence-corrected chi connectivity index (χ3v) is 8.19. The Labute approximate surface area is 240 Å². The van der Waals surface area contributed by atoms with Crippen LogP contribution in [0.15, 0.2) is 54.6 Å². The summed E-state index contributed by atoms with van der Waals surface area (Å²) in [4.78, 5) is 28.0. The van der Waals surface area contributed by atoms with E-state index in [0.29, 0.717) is 23.2 Å². The van der Waals surface area contributed by atoms with Crippen LogP contribution < -0.4 is 16.0 Å². The third-order valence-electron chi connectivity index (χ3n) is 7.61. The second-order valence-corrected chi connectivity index (χ2v) is 12.2. The number of nitrogens with one attached hydrogen (secondary N) is 3. The van der Waals surface area contributed by atoms with Crippen LogP contribution in [0.4, 0.5) is 20.2 Å². The predicted octanol–water partition coefficient (Wildman–Crippen LogP) is 6.53. The molecule has 2 aliphatic rings. The third kappa shape index (κ3) is 4.52. The molecule has 40 heavy (non-hydrogen) atoms. The lowest BCUT2D eigenvalue weighted by molar-refractivity contribution is -0.122. The molecule has 1 fully saturated rings. The summed E-state index contributed by atoms with van der Waals surface area (Å²) in [5.41, 5.74) is -0.827. The Balaban J connectivity index is 1.73. The Bertz CT molecular complexity index is 1570. The lowest BCUT2D eigenvalue weighted by atomic mass is 9.62. The molecule has 0 radical (unpaired) electrons. The summed E-state index contributed by atoms with van der Waals surface area (Å²) in [6, 6.07) is 13.8. The molecule has 3 N–H and O–H groups in total. The van der Waals surface area contributed by atoms with Crippen molar-refractivity contribution >= 4 is 46.4 Å². The number of hydrogen-bond acceptors (Lipinski definition) is 4. The van der Waals surface area contributed by atoms with Crippen molar-refractivity contribution in [2.75, 3.05) is 10.6 Å². The monoisotopic (exact) mass is 582 g/mol. The molecule has 206 valence electrons. The first kappa shape index (κ1) is 28.0. The first-order valence-electron chi connectivity index (χ1n) is 12.7. The van der Waals surface area contributed by atoms with Crippen molar-refractivity contribution in [1.29, 1.82) is 5.26 Å². The normalized spacial score (nSPS) is 23.6. The van der Waals surface area contributed by atoms with E-state index in [2.05, 4.69) is 16.0 Å². The van der Waals surface area contributed by atoms with E-state index in [1.165, 1.54) is 18.2 Å². The first-order chi connectivity index (χ1) is 18.9. The molecule has 10 heteroatoms. The molecule has 0 saturated carbocycles. The summed E-state index contributed by atoms with van der Waals surface area (Å²) in [7, 11) is 0. The summed E-state index contributed by atoms with van der Waals surface area (Å²) >= 11 is 12.3. The SMILES string of the molecule is CC(C)(C)CC1NC(C(=O)Nc2ccc(C#N)cc2)C(c2cccc(Cl)c2F)C12C(=O)Nc1c2ccc(Cl)c1F. The molecule has 3 aromatic carbocycles. The molecule has 1 spiro atoms. The maximum atomic E-state index is 15.8. The van der Waals surface area contributed by atoms with Gasteiger partial charge in [-0.25, -0.2) is 8.78 Å². The zero-order valence-corrected chi connectivity index (χ0v) is 23.4. The van der Waals surface area contributed by atoms with Gasteiger partial charge in [0.05, 0.1) is 33.4 Å². The number of nitriles is 1. The van der Waals surface area contributed by atoms with E-state index in [4.69, 9.17) is 28.5 Å².